The smallest absolute Gasteiger partial charge is 0.232 e. The highest BCUT2D eigenvalue weighted by atomic mass is 35.5. The number of rotatable bonds is 5. The van der Waals surface area contributed by atoms with Gasteiger partial charge in [-0.2, -0.15) is 5.26 Å². The normalized spacial score (nSPS) is 10.2. The molecule has 0 N–H and O–H groups in total. The maximum atomic E-state index is 9.73. The second-order valence-corrected chi connectivity index (χ2v) is 5.87. The maximum absolute atomic E-state index is 9.73. The number of pyridine rings is 1. The van der Waals surface area contributed by atoms with E-state index < -0.39 is 0 Å². The van der Waals surface area contributed by atoms with Gasteiger partial charge in [-0.3, -0.25) is 0 Å². The highest BCUT2D eigenvalue weighted by Crippen LogP contribution is 2.38. The van der Waals surface area contributed by atoms with Crippen LogP contribution >= 0.6 is 11.6 Å². The van der Waals surface area contributed by atoms with Crippen molar-refractivity contribution in [3.05, 3.63) is 65.2 Å². The number of hydrogen-bond acceptors (Lipinski definition) is 4. The third-order valence-electron chi connectivity index (χ3n) is 3.93. The maximum Gasteiger partial charge on any atom is 0.232 e. The van der Waals surface area contributed by atoms with Gasteiger partial charge in [0.2, 0.25) is 5.88 Å². The average Bonchev–Trinajstić information content (AvgIpc) is 2.68. The van der Waals surface area contributed by atoms with Crippen LogP contribution in [0, 0.1) is 11.3 Å². The fraction of sp³-hybridized carbons (Fsp3) is 0.143. The molecule has 3 rings (SSSR count). The summed E-state index contributed by atoms with van der Waals surface area (Å²) in [6, 6.07) is 19.0. The number of halogens is 1. The molecule has 0 atom stereocenters. The molecule has 1 heterocycles. The van der Waals surface area contributed by atoms with Crippen molar-refractivity contribution < 1.29 is 9.47 Å². The van der Waals surface area contributed by atoms with Gasteiger partial charge in [0.25, 0.3) is 0 Å². The van der Waals surface area contributed by atoms with E-state index in [4.69, 9.17) is 21.1 Å². The topological polar surface area (TPSA) is 55.1 Å². The lowest BCUT2D eigenvalue weighted by molar-refractivity contribution is 0.326. The van der Waals surface area contributed by atoms with E-state index in [0.29, 0.717) is 34.2 Å². The predicted molar refractivity (Wildman–Crippen MR) is 103 cm³/mol. The van der Waals surface area contributed by atoms with E-state index >= 15 is 0 Å². The van der Waals surface area contributed by atoms with Gasteiger partial charge in [-0.1, -0.05) is 48.0 Å². The molecule has 26 heavy (non-hydrogen) atoms. The summed E-state index contributed by atoms with van der Waals surface area (Å²) < 4.78 is 11.1. The summed E-state index contributed by atoms with van der Waals surface area (Å²) >= 11 is 6.35. The van der Waals surface area contributed by atoms with Crippen LogP contribution in [0.25, 0.3) is 22.4 Å². The number of benzene rings is 2. The van der Waals surface area contributed by atoms with E-state index in [1.165, 1.54) is 0 Å². The summed E-state index contributed by atoms with van der Waals surface area (Å²) in [7, 11) is 1.60. The largest absolute Gasteiger partial charge is 0.496 e. The van der Waals surface area contributed by atoms with Crippen molar-refractivity contribution in [2.24, 2.45) is 0 Å². The number of aromatic nitrogens is 1. The summed E-state index contributed by atoms with van der Waals surface area (Å²) in [5.74, 6) is 0.955. The van der Waals surface area contributed by atoms with Gasteiger partial charge in [0.05, 0.1) is 19.4 Å². The second kappa shape index (κ2) is 7.90. The molecular formula is C21H17ClN2O2. The molecule has 0 amide bonds. The number of hydrogen-bond donors (Lipinski definition) is 0. The Labute approximate surface area is 157 Å². The fourth-order valence-corrected chi connectivity index (χ4v) is 2.99. The Morgan fingerprint density at radius 1 is 1.04 bits per heavy atom. The van der Waals surface area contributed by atoms with Crippen LogP contribution in [0.3, 0.4) is 0 Å². The van der Waals surface area contributed by atoms with Gasteiger partial charge in [-0.15, -0.1) is 0 Å². The van der Waals surface area contributed by atoms with Gasteiger partial charge in [-0.25, -0.2) is 4.98 Å². The van der Waals surface area contributed by atoms with Crippen molar-refractivity contribution in [2.45, 2.75) is 6.92 Å². The Morgan fingerprint density at radius 3 is 2.38 bits per heavy atom. The van der Waals surface area contributed by atoms with Crippen molar-refractivity contribution in [3.63, 3.8) is 0 Å². The van der Waals surface area contributed by atoms with Crippen LogP contribution in [0.15, 0.2) is 54.6 Å². The van der Waals surface area contributed by atoms with E-state index in [1.807, 2.05) is 55.5 Å². The third-order valence-corrected chi connectivity index (χ3v) is 4.26. The minimum atomic E-state index is 0.285. The first-order valence-electron chi connectivity index (χ1n) is 8.15. The molecule has 2 aromatic carbocycles. The zero-order valence-electron chi connectivity index (χ0n) is 14.5. The van der Waals surface area contributed by atoms with Gasteiger partial charge < -0.3 is 9.47 Å². The standard InChI is InChI=1S/C21H17ClN2O2/c1-3-26-21-17(13-23)16(14-8-5-7-11-20(14)25-2)12-19(24-21)15-9-4-6-10-18(15)22/h4-12H,3H2,1-2H3. The summed E-state index contributed by atoms with van der Waals surface area (Å²) in [5.41, 5.74) is 3.27. The monoisotopic (exact) mass is 364 g/mol. The Morgan fingerprint density at radius 2 is 1.73 bits per heavy atom. The van der Waals surface area contributed by atoms with E-state index in [1.54, 1.807) is 13.2 Å². The summed E-state index contributed by atoms with van der Waals surface area (Å²) in [4.78, 5) is 4.54. The molecule has 3 aromatic rings. The van der Waals surface area contributed by atoms with E-state index in [0.717, 1.165) is 11.1 Å². The Hall–Kier alpha value is -3.03. The minimum absolute atomic E-state index is 0.285. The highest BCUT2D eigenvalue weighted by molar-refractivity contribution is 6.33. The van der Waals surface area contributed by atoms with Crippen LogP contribution < -0.4 is 9.47 Å². The lowest BCUT2D eigenvalue weighted by Crippen LogP contribution is -2.02. The second-order valence-electron chi connectivity index (χ2n) is 5.46. The number of nitriles is 1. The number of nitrogens with zero attached hydrogens (tertiary/aromatic N) is 2. The Balaban J connectivity index is 2.32. The predicted octanol–water partition coefficient (Wildman–Crippen LogP) is 5.35. The van der Waals surface area contributed by atoms with Crippen molar-refractivity contribution in [2.75, 3.05) is 13.7 Å². The number of ether oxygens (including phenoxy) is 2. The average molecular weight is 365 g/mol. The molecule has 0 aliphatic heterocycles. The highest BCUT2D eigenvalue weighted by Gasteiger charge is 2.19. The first-order valence-corrected chi connectivity index (χ1v) is 8.53. The SMILES string of the molecule is CCOc1nc(-c2ccccc2Cl)cc(-c2ccccc2OC)c1C#N. The molecule has 0 fully saturated rings. The first-order chi connectivity index (χ1) is 12.7. The first kappa shape index (κ1) is 17.8. The number of para-hydroxylation sites is 1. The van der Waals surface area contributed by atoms with Crippen LogP contribution in [-0.4, -0.2) is 18.7 Å². The quantitative estimate of drug-likeness (QED) is 0.612. The molecule has 0 aliphatic carbocycles. The van der Waals surface area contributed by atoms with Gasteiger partial charge in [0.15, 0.2) is 0 Å². The van der Waals surface area contributed by atoms with Crippen LogP contribution in [-0.2, 0) is 0 Å². The molecule has 130 valence electrons. The van der Waals surface area contributed by atoms with Crippen LogP contribution in [0.4, 0.5) is 0 Å². The van der Waals surface area contributed by atoms with Crippen LogP contribution in [0.2, 0.25) is 5.02 Å². The Kier molecular flexibility index (Phi) is 5.40. The Bertz CT molecular complexity index is 980. The summed E-state index contributed by atoms with van der Waals surface area (Å²) in [6.07, 6.45) is 0. The van der Waals surface area contributed by atoms with Crippen molar-refractivity contribution >= 4 is 11.6 Å². The van der Waals surface area contributed by atoms with Crippen LogP contribution in [0.1, 0.15) is 12.5 Å². The van der Waals surface area contributed by atoms with E-state index in [2.05, 4.69) is 11.1 Å². The molecule has 1 aromatic heterocycles. The van der Waals surface area contributed by atoms with Crippen molar-refractivity contribution in [3.8, 4) is 40.1 Å². The zero-order valence-corrected chi connectivity index (χ0v) is 15.2. The van der Waals surface area contributed by atoms with Gasteiger partial charge in [-0.05, 0) is 25.1 Å². The van der Waals surface area contributed by atoms with Gasteiger partial charge in [0, 0.05) is 21.7 Å². The lowest BCUT2D eigenvalue weighted by atomic mass is 9.98. The van der Waals surface area contributed by atoms with Crippen molar-refractivity contribution in [1.29, 1.82) is 5.26 Å². The fourth-order valence-electron chi connectivity index (χ4n) is 2.76. The molecule has 5 heteroatoms. The third kappa shape index (κ3) is 3.35. The molecule has 0 saturated carbocycles. The van der Waals surface area contributed by atoms with Gasteiger partial charge in [0.1, 0.15) is 17.4 Å². The molecule has 0 radical (unpaired) electrons. The van der Waals surface area contributed by atoms with Crippen LogP contribution in [0.5, 0.6) is 11.6 Å². The van der Waals surface area contributed by atoms with Gasteiger partial charge >= 0.3 is 0 Å². The molecule has 0 aliphatic rings. The molecule has 4 nitrogen and oxygen atoms in total. The van der Waals surface area contributed by atoms with E-state index in [-0.39, 0.29) is 5.88 Å². The molecule has 0 bridgehead atoms. The lowest BCUT2D eigenvalue weighted by Gasteiger charge is -2.15. The molecular weight excluding hydrogens is 348 g/mol. The molecule has 0 saturated heterocycles. The minimum Gasteiger partial charge on any atom is -0.496 e. The zero-order chi connectivity index (χ0) is 18.5. The number of methoxy groups -OCH3 is 1. The molecule has 0 unspecified atom stereocenters. The summed E-state index contributed by atoms with van der Waals surface area (Å²) in [5, 5.41) is 10.3. The summed E-state index contributed by atoms with van der Waals surface area (Å²) in [6.45, 7) is 2.26. The van der Waals surface area contributed by atoms with E-state index in [9.17, 15) is 5.26 Å². The van der Waals surface area contributed by atoms with Crippen molar-refractivity contribution in [1.82, 2.24) is 4.98 Å². The molecule has 0 spiro atoms.